The molecule has 0 bridgehead atoms. The second kappa shape index (κ2) is 7.68. The van der Waals surface area contributed by atoms with Gasteiger partial charge in [-0.25, -0.2) is 0 Å². The first kappa shape index (κ1) is 14.6. The predicted molar refractivity (Wildman–Crippen MR) is 76.7 cm³/mol. The molecule has 1 aromatic carbocycles. The van der Waals surface area contributed by atoms with Crippen LogP contribution in [0.4, 0.5) is 5.69 Å². The van der Waals surface area contributed by atoms with Gasteiger partial charge in [0.05, 0.1) is 24.3 Å². The molecule has 0 radical (unpaired) electrons. The van der Waals surface area contributed by atoms with Gasteiger partial charge in [0.1, 0.15) is 6.61 Å². The highest BCUT2D eigenvalue weighted by molar-refractivity contribution is 7.09. The average Bonchev–Trinajstić information content (AvgIpc) is 2.99. The Labute approximate surface area is 120 Å². The second-order valence-corrected chi connectivity index (χ2v) is 4.74. The Morgan fingerprint density at radius 1 is 1.30 bits per heavy atom. The van der Waals surface area contributed by atoms with E-state index in [4.69, 9.17) is 9.47 Å². The first-order valence-electron chi connectivity index (χ1n) is 6.04. The third kappa shape index (κ3) is 4.37. The number of aromatic nitrogens is 2. The number of methoxy groups -OCH3 is 1. The Morgan fingerprint density at radius 3 is 2.75 bits per heavy atom. The van der Waals surface area contributed by atoms with Gasteiger partial charge in [-0.05, 0) is 29.2 Å². The van der Waals surface area contributed by atoms with Gasteiger partial charge < -0.3 is 14.8 Å². The van der Waals surface area contributed by atoms with Crippen LogP contribution in [0.15, 0.2) is 30.5 Å². The van der Waals surface area contributed by atoms with Gasteiger partial charge in [-0.3, -0.25) is 4.79 Å². The van der Waals surface area contributed by atoms with E-state index in [1.54, 1.807) is 13.3 Å². The molecule has 6 nitrogen and oxygen atoms in total. The summed E-state index contributed by atoms with van der Waals surface area (Å²) < 4.78 is 13.8. The van der Waals surface area contributed by atoms with Gasteiger partial charge >= 0.3 is 0 Å². The van der Waals surface area contributed by atoms with E-state index in [-0.39, 0.29) is 12.5 Å². The highest BCUT2D eigenvalue weighted by atomic mass is 32.1. The number of nitrogens with zero attached hydrogens (tertiary/aromatic N) is 2. The SMILES string of the molecule is COCCOCC(=O)Nc1ccc(-c2cnns2)cc1. The first-order chi connectivity index (χ1) is 9.79. The molecular weight excluding hydrogens is 278 g/mol. The molecule has 2 aromatic rings. The topological polar surface area (TPSA) is 73.3 Å². The fourth-order valence-corrected chi connectivity index (χ4v) is 2.03. The van der Waals surface area contributed by atoms with Crippen molar-refractivity contribution in [1.29, 1.82) is 0 Å². The van der Waals surface area contributed by atoms with Gasteiger partial charge in [0.25, 0.3) is 0 Å². The van der Waals surface area contributed by atoms with Crippen LogP contribution in [0, 0.1) is 0 Å². The monoisotopic (exact) mass is 293 g/mol. The quantitative estimate of drug-likeness (QED) is 0.788. The van der Waals surface area contributed by atoms with E-state index in [1.165, 1.54) is 11.5 Å². The molecule has 0 unspecified atom stereocenters. The van der Waals surface area contributed by atoms with Gasteiger partial charge in [0.15, 0.2) is 0 Å². The van der Waals surface area contributed by atoms with Crippen LogP contribution in [0.25, 0.3) is 10.4 Å². The van der Waals surface area contributed by atoms with Crippen LogP contribution in [-0.4, -0.2) is 42.4 Å². The largest absolute Gasteiger partial charge is 0.382 e. The van der Waals surface area contributed by atoms with Crippen molar-refractivity contribution in [3.63, 3.8) is 0 Å². The molecular formula is C13H15N3O3S. The number of hydrogen-bond acceptors (Lipinski definition) is 6. The highest BCUT2D eigenvalue weighted by Crippen LogP contribution is 2.23. The molecule has 0 saturated heterocycles. The Hall–Kier alpha value is -1.83. The Kier molecular flexibility index (Phi) is 5.60. The number of carbonyl (C=O) groups is 1. The third-order valence-electron chi connectivity index (χ3n) is 2.48. The van der Waals surface area contributed by atoms with Crippen LogP contribution in [0.2, 0.25) is 0 Å². The standard InChI is InChI=1S/C13H15N3O3S/c1-18-6-7-19-9-13(17)15-11-4-2-10(3-5-11)12-8-14-16-20-12/h2-5,8H,6-7,9H2,1H3,(H,15,17). The van der Waals surface area contributed by atoms with Crippen molar-refractivity contribution in [3.05, 3.63) is 30.5 Å². The van der Waals surface area contributed by atoms with Gasteiger partial charge in [0, 0.05) is 12.8 Å². The first-order valence-corrected chi connectivity index (χ1v) is 6.81. The van der Waals surface area contributed by atoms with Gasteiger partial charge in [-0.2, -0.15) is 0 Å². The molecule has 1 N–H and O–H groups in total. The number of nitrogens with one attached hydrogen (secondary N) is 1. The van der Waals surface area contributed by atoms with Gasteiger partial charge in [-0.1, -0.05) is 16.6 Å². The molecule has 0 atom stereocenters. The van der Waals surface area contributed by atoms with Crippen molar-refractivity contribution in [2.75, 3.05) is 32.2 Å². The van der Waals surface area contributed by atoms with E-state index in [0.717, 1.165) is 16.1 Å². The summed E-state index contributed by atoms with van der Waals surface area (Å²) in [7, 11) is 1.59. The van der Waals surface area contributed by atoms with Gasteiger partial charge in [0.2, 0.25) is 5.91 Å². The van der Waals surface area contributed by atoms with Crippen molar-refractivity contribution in [2.24, 2.45) is 0 Å². The maximum atomic E-state index is 11.6. The molecule has 1 amide bonds. The van der Waals surface area contributed by atoms with Crippen molar-refractivity contribution >= 4 is 23.1 Å². The second-order valence-electron chi connectivity index (χ2n) is 3.95. The molecule has 1 heterocycles. The minimum Gasteiger partial charge on any atom is -0.382 e. The zero-order chi connectivity index (χ0) is 14.2. The number of hydrogen-bond donors (Lipinski definition) is 1. The number of rotatable bonds is 7. The molecule has 0 saturated carbocycles. The summed E-state index contributed by atoms with van der Waals surface area (Å²) >= 11 is 1.33. The number of amides is 1. The van der Waals surface area contributed by atoms with Crippen LogP contribution < -0.4 is 5.32 Å². The van der Waals surface area contributed by atoms with E-state index in [1.807, 2.05) is 24.3 Å². The van der Waals surface area contributed by atoms with Crippen LogP contribution >= 0.6 is 11.5 Å². The van der Waals surface area contributed by atoms with Crippen molar-refractivity contribution in [2.45, 2.75) is 0 Å². The summed E-state index contributed by atoms with van der Waals surface area (Å²) in [6.45, 7) is 0.899. The van der Waals surface area contributed by atoms with E-state index in [9.17, 15) is 4.79 Å². The minimum absolute atomic E-state index is 0.0177. The fourth-order valence-electron chi connectivity index (χ4n) is 1.52. The maximum Gasteiger partial charge on any atom is 0.250 e. The lowest BCUT2D eigenvalue weighted by Gasteiger charge is -2.06. The third-order valence-corrected chi connectivity index (χ3v) is 3.19. The number of benzene rings is 1. The Bertz CT molecular complexity index is 528. The van der Waals surface area contributed by atoms with E-state index < -0.39 is 0 Å². The Balaban J connectivity index is 1.83. The lowest BCUT2D eigenvalue weighted by atomic mass is 10.2. The highest BCUT2D eigenvalue weighted by Gasteiger charge is 2.04. The van der Waals surface area contributed by atoms with E-state index in [2.05, 4.69) is 14.9 Å². The summed E-state index contributed by atoms with van der Waals surface area (Å²) in [6.07, 6.45) is 1.71. The molecule has 1 aromatic heterocycles. The summed E-state index contributed by atoms with van der Waals surface area (Å²) in [5.74, 6) is -0.187. The van der Waals surface area contributed by atoms with Crippen LogP contribution in [0.3, 0.4) is 0 Å². The molecule has 0 aliphatic rings. The van der Waals surface area contributed by atoms with E-state index in [0.29, 0.717) is 13.2 Å². The summed E-state index contributed by atoms with van der Waals surface area (Å²) in [6, 6.07) is 7.50. The van der Waals surface area contributed by atoms with Crippen LogP contribution in [-0.2, 0) is 14.3 Å². The van der Waals surface area contributed by atoms with Crippen LogP contribution in [0.5, 0.6) is 0 Å². The lowest BCUT2D eigenvalue weighted by molar-refractivity contribution is -0.121. The van der Waals surface area contributed by atoms with Crippen molar-refractivity contribution in [3.8, 4) is 10.4 Å². The molecule has 0 fully saturated rings. The fraction of sp³-hybridized carbons (Fsp3) is 0.308. The minimum atomic E-state index is -0.187. The molecule has 0 aliphatic carbocycles. The van der Waals surface area contributed by atoms with E-state index >= 15 is 0 Å². The summed E-state index contributed by atoms with van der Waals surface area (Å²) in [4.78, 5) is 12.6. The smallest absolute Gasteiger partial charge is 0.250 e. The molecule has 0 aliphatic heterocycles. The van der Waals surface area contributed by atoms with Crippen LogP contribution in [0.1, 0.15) is 0 Å². The number of anilines is 1. The van der Waals surface area contributed by atoms with Crippen molar-refractivity contribution in [1.82, 2.24) is 9.59 Å². The number of carbonyl (C=O) groups excluding carboxylic acids is 1. The molecule has 20 heavy (non-hydrogen) atoms. The van der Waals surface area contributed by atoms with Gasteiger partial charge in [-0.15, -0.1) is 5.10 Å². The summed E-state index contributed by atoms with van der Waals surface area (Å²) in [5, 5.41) is 6.55. The summed E-state index contributed by atoms with van der Waals surface area (Å²) in [5.41, 5.74) is 1.75. The average molecular weight is 293 g/mol. The predicted octanol–water partition coefficient (Wildman–Crippen LogP) is 1.81. The molecule has 7 heteroatoms. The molecule has 106 valence electrons. The maximum absolute atomic E-state index is 11.6. The lowest BCUT2D eigenvalue weighted by Crippen LogP contribution is -2.19. The zero-order valence-electron chi connectivity index (χ0n) is 11.0. The zero-order valence-corrected chi connectivity index (χ0v) is 11.9. The normalized spacial score (nSPS) is 10.4. The number of ether oxygens (including phenoxy) is 2. The molecule has 0 spiro atoms. The van der Waals surface area contributed by atoms with Crippen molar-refractivity contribution < 1.29 is 14.3 Å². The molecule has 2 rings (SSSR count). The Morgan fingerprint density at radius 2 is 2.10 bits per heavy atom.